The van der Waals surface area contributed by atoms with Crippen molar-refractivity contribution in [2.75, 3.05) is 13.2 Å². The number of aliphatic hydroxyl groups excluding tert-OH is 3. The van der Waals surface area contributed by atoms with Gasteiger partial charge < -0.3 is 20.5 Å². The Labute approximate surface area is 63.0 Å². The molecule has 0 amide bonds. The quantitative estimate of drug-likeness (QED) is 0.282. The van der Waals surface area contributed by atoms with Crippen molar-refractivity contribution in [2.24, 2.45) is 0 Å². The predicted octanol–water partition coefficient (Wildman–Crippen LogP) is -2.75. The van der Waals surface area contributed by atoms with Crippen molar-refractivity contribution in [3.05, 3.63) is 0 Å². The minimum absolute atomic E-state index is 0.365. The maximum atomic E-state index is 10.7. The molecule has 66 valence electrons. The van der Waals surface area contributed by atoms with E-state index in [1.807, 2.05) is 0 Å². The van der Waals surface area contributed by atoms with Crippen LogP contribution >= 0.6 is 0 Å². The number of hydroxylamine groups is 1. The first-order valence-electron chi connectivity index (χ1n) is 3.01. The molecule has 0 unspecified atom stereocenters. The zero-order chi connectivity index (χ0) is 8.85. The highest BCUT2D eigenvalue weighted by molar-refractivity contribution is 5.87. The Morgan fingerprint density at radius 1 is 1.36 bits per heavy atom. The van der Waals surface area contributed by atoms with Gasteiger partial charge in [0.2, 0.25) is 0 Å². The van der Waals surface area contributed by atoms with Gasteiger partial charge in [0.15, 0.2) is 5.78 Å². The molecule has 0 heterocycles. The Hall–Kier alpha value is -0.530. The van der Waals surface area contributed by atoms with Crippen molar-refractivity contribution in [1.29, 1.82) is 0 Å². The Morgan fingerprint density at radius 2 is 1.91 bits per heavy atom. The van der Waals surface area contributed by atoms with Crippen molar-refractivity contribution in [2.45, 2.75) is 12.2 Å². The zero-order valence-electron chi connectivity index (χ0n) is 5.77. The Morgan fingerprint density at radius 3 is 2.27 bits per heavy atom. The lowest BCUT2D eigenvalue weighted by molar-refractivity contribution is -0.138. The standard InChI is InChI=1S/C5H11NO5/c7-2-4(9)5(10)3(8)1-6-11/h3-4,6-9,11H,1-2H2/t3-,4-/m1/s1. The lowest BCUT2D eigenvalue weighted by Gasteiger charge is -2.10. The molecule has 0 aromatic carbocycles. The van der Waals surface area contributed by atoms with Gasteiger partial charge >= 0.3 is 0 Å². The summed E-state index contributed by atoms with van der Waals surface area (Å²) < 4.78 is 0. The maximum absolute atomic E-state index is 10.7. The van der Waals surface area contributed by atoms with Crippen LogP contribution in [0.1, 0.15) is 0 Å². The molecule has 5 N–H and O–H groups in total. The van der Waals surface area contributed by atoms with Gasteiger partial charge in [-0.05, 0) is 0 Å². The molecule has 11 heavy (non-hydrogen) atoms. The second kappa shape index (κ2) is 5.16. The van der Waals surface area contributed by atoms with Gasteiger partial charge in [-0.3, -0.25) is 4.79 Å². The molecule has 0 aliphatic carbocycles. The van der Waals surface area contributed by atoms with E-state index in [0.717, 1.165) is 0 Å². The Bertz CT molecular complexity index is 128. The third-order valence-electron chi connectivity index (χ3n) is 1.11. The van der Waals surface area contributed by atoms with E-state index in [0.29, 0.717) is 0 Å². The van der Waals surface area contributed by atoms with E-state index >= 15 is 0 Å². The van der Waals surface area contributed by atoms with Crippen LogP contribution in [0.3, 0.4) is 0 Å². The lowest BCUT2D eigenvalue weighted by Crippen LogP contribution is -2.40. The molecular formula is C5H11NO5. The molecule has 0 radical (unpaired) electrons. The topological polar surface area (TPSA) is 110 Å². The number of rotatable bonds is 5. The summed E-state index contributed by atoms with van der Waals surface area (Å²) in [5, 5.41) is 33.7. The van der Waals surface area contributed by atoms with Gasteiger partial charge in [0, 0.05) is 0 Å². The average molecular weight is 165 g/mol. The van der Waals surface area contributed by atoms with Crippen molar-refractivity contribution in [1.82, 2.24) is 5.48 Å². The highest BCUT2D eigenvalue weighted by atomic mass is 16.5. The molecule has 0 aromatic rings. The van der Waals surface area contributed by atoms with Crippen LogP contribution in [0, 0.1) is 0 Å². The molecule has 0 spiro atoms. The third-order valence-corrected chi connectivity index (χ3v) is 1.11. The molecule has 0 fully saturated rings. The van der Waals surface area contributed by atoms with E-state index in [1.165, 1.54) is 0 Å². The van der Waals surface area contributed by atoms with Gasteiger partial charge in [0.05, 0.1) is 13.2 Å². The number of Topliss-reactive ketones (excluding diaryl/α,β-unsaturated/α-hetero) is 1. The van der Waals surface area contributed by atoms with Gasteiger partial charge in [-0.1, -0.05) is 0 Å². The first-order valence-corrected chi connectivity index (χ1v) is 3.01. The summed E-state index contributed by atoms with van der Waals surface area (Å²) in [6.45, 7) is -1.10. The second-order valence-corrected chi connectivity index (χ2v) is 1.98. The van der Waals surface area contributed by atoms with Crippen molar-refractivity contribution < 1.29 is 25.3 Å². The zero-order valence-corrected chi connectivity index (χ0v) is 5.77. The van der Waals surface area contributed by atoms with Crippen LogP contribution in [0.4, 0.5) is 0 Å². The number of hydrogen-bond acceptors (Lipinski definition) is 6. The van der Waals surface area contributed by atoms with Gasteiger partial charge in [-0.25, -0.2) is 5.48 Å². The molecular weight excluding hydrogens is 154 g/mol. The molecule has 0 saturated carbocycles. The number of nitrogens with one attached hydrogen (secondary N) is 1. The summed E-state index contributed by atoms with van der Waals surface area (Å²) in [5.41, 5.74) is 1.56. The highest BCUT2D eigenvalue weighted by Crippen LogP contribution is 1.90. The number of hydrogen-bond donors (Lipinski definition) is 5. The van der Waals surface area contributed by atoms with Crippen molar-refractivity contribution in [3.63, 3.8) is 0 Å². The largest absolute Gasteiger partial charge is 0.393 e. The number of carbonyl (C=O) groups excluding carboxylic acids is 1. The first-order chi connectivity index (χ1) is 5.13. The number of carbonyl (C=O) groups is 1. The fourth-order valence-electron chi connectivity index (χ4n) is 0.499. The van der Waals surface area contributed by atoms with E-state index in [4.69, 9.17) is 20.5 Å². The predicted molar refractivity (Wildman–Crippen MR) is 33.9 cm³/mol. The molecule has 6 heteroatoms. The smallest absolute Gasteiger partial charge is 0.193 e. The van der Waals surface area contributed by atoms with Crippen LogP contribution in [0.15, 0.2) is 0 Å². The summed E-state index contributed by atoms with van der Waals surface area (Å²) in [6, 6.07) is 0. The van der Waals surface area contributed by atoms with Gasteiger partial charge in [-0.2, -0.15) is 0 Å². The van der Waals surface area contributed by atoms with Gasteiger partial charge in [0.1, 0.15) is 12.2 Å². The van der Waals surface area contributed by atoms with E-state index < -0.39 is 24.6 Å². The van der Waals surface area contributed by atoms with Gasteiger partial charge in [0.25, 0.3) is 0 Å². The molecule has 0 rings (SSSR count). The molecule has 0 aliphatic rings. The fraction of sp³-hybridized carbons (Fsp3) is 0.800. The van der Waals surface area contributed by atoms with Crippen LogP contribution in [-0.4, -0.2) is 51.7 Å². The van der Waals surface area contributed by atoms with E-state index in [-0.39, 0.29) is 6.54 Å². The van der Waals surface area contributed by atoms with Crippen LogP contribution in [0.5, 0.6) is 0 Å². The average Bonchev–Trinajstić information content (AvgIpc) is 2.02. The monoisotopic (exact) mass is 165 g/mol. The maximum Gasteiger partial charge on any atom is 0.193 e. The first kappa shape index (κ1) is 10.5. The Kier molecular flexibility index (Phi) is 4.92. The van der Waals surface area contributed by atoms with Crippen molar-refractivity contribution >= 4 is 5.78 Å². The van der Waals surface area contributed by atoms with Gasteiger partial charge in [-0.15, -0.1) is 0 Å². The van der Waals surface area contributed by atoms with Crippen LogP contribution in [-0.2, 0) is 4.79 Å². The van der Waals surface area contributed by atoms with Crippen LogP contribution < -0.4 is 5.48 Å². The SMILES string of the molecule is O=C([C@H](O)CO)[C@H](O)CNO. The minimum Gasteiger partial charge on any atom is -0.393 e. The third kappa shape index (κ3) is 3.40. The summed E-state index contributed by atoms with van der Waals surface area (Å²) in [7, 11) is 0. The molecule has 0 saturated heterocycles. The Balaban J connectivity index is 3.81. The van der Waals surface area contributed by atoms with E-state index in [9.17, 15) is 4.79 Å². The lowest BCUT2D eigenvalue weighted by atomic mass is 10.1. The van der Waals surface area contributed by atoms with E-state index in [1.54, 1.807) is 5.48 Å². The summed E-state index contributed by atoms with van der Waals surface area (Å²) in [6.07, 6.45) is -3.08. The number of aliphatic hydroxyl groups is 3. The van der Waals surface area contributed by atoms with Crippen LogP contribution in [0.25, 0.3) is 0 Å². The molecule has 2 atom stereocenters. The summed E-state index contributed by atoms with van der Waals surface area (Å²) in [4.78, 5) is 10.7. The number of ketones is 1. The normalized spacial score (nSPS) is 16.0. The molecule has 6 nitrogen and oxygen atoms in total. The fourth-order valence-corrected chi connectivity index (χ4v) is 0.499. The molecule has 0 bridgehead atoms. The highest BCUT2D eigenvalue weighted by Gasteiger charge is 2.21. The second-order valence-electron chi connectivity index (χ2n) is 1.98. The van der Waals surface area contributed by atoms with Crippen LogP contribution in [0.2, 0.25) is 0 Å². The van der Waals surface area contributed by atoms with Crippen molar-refractivity contribution in [3.8, 4) is 0 Å². The summed E-state index contributed by atoms with van der Waals surface area (Å²) in [5.74, 6) is -0.922. The molecule has 0 aliphatic heterocycles. The summed E-state index contributed by atoms with van der Waals surface area (Å²) >= 11 is 0. The minimum atomic E-state index is -1.58. The molecule has 0 aromatic heterocycles. The van der Waals surface area contributed by atoms with E-state index in [2.05, 4.69) is 0 Å².